The van der Waals surface area contributed by atoms with Gasteiger partial charge in [0, 0.05) is 5.69 Å². The van der Waals surface area contributed by atoms with Crippen LogP contribution in [0.15, 0.2) is 54.6 Å². The number of aryl methyl sites for hydroxylation is 1. The topological polar surface area (TPSA) is 29.1 Å². The lowest BCUT2D eigenvalue weighted by molar-refractivity contribution is -0.117. The molecule has 0 aliphatic rings. The number of nitrogens with one attached hydrogen (secondary N) is 1. The van der Waals surface area contributed by atoms with E-state index >= 15 is 0 Å². The number of hydrogen-bond donors (Lipinski definition) is 1. The second-order valence-corrected chi connectivity index (χ2v) is 5.66. The van der Waals surface area contributed by atoms with Gasteiger partial charge in [-0.05, 0) is 42.5 Å². The fourth-order valence-corrected chi connectivity index (χ4v) is 2.62. The number of rotatable bonds is 7. The summed E-state index contributed by atoms with van der Waals surface area (Å²) in [6.45, 7) is 4.24. The maximum Gasteiger partial charge on any atom is 0.231 e. The number of anilines is 1. The SMILES string of the molecule is CCCCc1ccc(NC(=O)[C@@H](CC)c2ccccc2)cc1. The van der Waals surface area contributed by atoms with E-state index in [1.165, 1.54) is 18.4 Å². The van der Waals surface area contributed by atoms with Crippen molar-refractivity contribution in [2.24, 2.45) is 0 Å². The van der Waals surface area contributed by atoms with Gasteiger partial charge in [-0.15, -0.1) is 0 Å². The van der Waals surface area contributed by atoms with Crippen molar-refractivity contribution in [1.82, 2.24) is 0 Å². The molecule has 0 unspecified atom stereocenters. The molecule has 2 rings (SSSR count). The van der Waals surface area contributed by atoms with Crippen LogP contribution in [-0.2, 0) is 11.2 Å². The molecule has 0 spiro atoms. The van der Waals surface area contributed by atoms with Crippen LogP contribution in [0.4, 0.5) is 5.69 Å². The Morgan fingerprint density at radius 3 is 2.27 bits per heavy atom. The standard InChI is InChI=1S/C20H25NO/c1-3-5-9-16-12-14-18(15-13-16)21-20(22)19(4-2)17-10-7-6-8-11-17/h6-8,10-15,19H,3-5,9H2,1-2H3,(H,21,22)/t19-/m0/s1. The molecule has 2 nitrogen and oxygen atoms in total. The Bertz CT molecular complexity index is 574. The number of carbonyl (C=O) groups is 1. The molecule has 0 saturated heterocycles. The van der Waals surface area contributed by atoms with Gasteiger partial charge >= 0.3 is 0 Å². The Morgan fingerprint density at radius 1 is 1.00 bits per heavy atom. The zero-order valence-corrected chi connectivity index (χ0v) is 13.5. The second kappa shape index (κ2) is 8.38. The molecule has 1 amide bonds. The van der Waals surface area contributed by atoms with Gasteiger partial charge in [0.25, 0.3) is 0 Å². The highest BCUT2D eigenvalue weighted by Crippen LogP contribution is 2.21. The van der Waals surface area contributed by atoms with Crippen LogP contribution in [0, 0.1) is 0 Å². The van der Waals surface area contributed by atoms with E-state index in [1.807, 2.05) is 49.4 Å². The quantitative estimate of drug-likeness (QED) is 0.751. The second-order valence-electron chi connectivity index (χ2n) is 5.66. The summed E-state index contributed by atoms with van der Waals surface area (Å²) in [5, 5.41) is 3.04. The molecule has 116 valence electrons. The summed E-state index contributed by atoms with van der Waals surface area (Å²) in [6.07, 6.45) is 4.31. The molecular formula is C20H25NO. The first-order chi connectivity index (χ1) is 10.7. The fourth-order valence-electron chi connectivity index (χ4n) is 2.62. The summed E-state index contributed by atoms with van der Waals surface area (Å²) in [5.74, 6) is -0.0315. The molecule has 0 aromatic heterocycles. The molecule has 2 aromatic rings. The minimum atomic E-state index is -0.0963. The van der Waals surface area contributed by atoms with E-state index in [9.17, 15) is 4.79 Å². The minimum absolute atomic E-state index is 0.0648. The van der Waals surface area contributed by atoms with Gasteiger partial charge in [0.2, 0.25) is 5.91 Å². The van der Waals surface area contributed by atoms with Crippen molar-refractivity contribution in [3.8, 4) is 0 Å². The molecule has 0 bridgehead atoms. The summed E-state index contributed by atoms with van der Waals surface area (Å²) in [6, 6.07) is 18.2. The lowest BCUT2D eigenvalue weighted by atomic mass is 9.95. The predicted octanol–water partition coefficient (Wildman–Crippen LogP) is 5.16. The van der Waals surface area contributed by atoms with E-state index in [4.69, 9.17) is 0 Å². The number of hydrogen-bond acceptors (Lipinski definition) is 1. The van der Waals surface area contributed by atoms with E-state index in [1.54, 1.807) is 0 Å². The van der Waals surface area contributed by atoms with Crippen molar-refractivity contribution in [2.75, 3.05) is 5.32 Å². The smallest absolute Gasteiger partial charge is 0.231 e. The Hall–Kier alpha value is -2.09. The highest BCUT2D eigenvalue weighted by Gasteiger charge is 2.18. The monoisotopic (exact) mass is 295 g/mol. The fraction of sp³-hybridized carbons (Fsp3) is 0.350. The third kappa shape index (κ3) is 4.45. The summed E-state index contributed by atoms with van der Waals surface area (Å²) >= 11 is 0. The maximum absolute atomic E-state index is 12.5. The van der Waals surface area contributed by atoms with Crippen LogP contribution >= 0.6 is 0 Å². The Labute approximate surface area is 133 Å². The molecule has 22 heavy (non-hydrogen) atoms. The summed E-state index contributed by atoms with van der Waals surface area (Å²) in [4.78, 5) is 12.5. The molecule has 0 fully saturated rings. The first kappa shape index (κ1) is 16.3. The first-order valence-electron chi connectivity index (χ1n) is 8.19. The van der Waals surface area contributed by atoms with Gasteiger partial charge < -0.3 is 5.32 Å². The normalized spacial score (nSPS) is 11.9. The van der Waals surface area contributed by atoms with Crippen molar-refractivity contribution < 1.29 is 4.79 Å². The van der Waals surface area contributed by atoms with Gasteiger partial charge in [-0.25, -0.2) is 0 Å². The zero-order valence-electron chi connectivity index (χ0n) is 13.5. The zero-order chi connectivity index (χ0) is 15.8. The van der Waals surface area contributed by atoms with Crippen molar-refractivity contribution in [3.63, 3.8) is 0 Å². The summed E-state index contributed by atoms with van der Waals surface area (Å²) < 4.78 is 0. The Balaban J connectivity index is 2.01. The Kier molecular flexibility index (Phi) is 6.20. The van der Waals surface area contributed by atoms with Crippen molar-refractivity contribution >= 4 is 11.6 Å². The van der Waals surface area contributed by atoms with Gasteiger partial charge in [0.1, 0.15) is 0 Å². The van der Waals surface area contributed by atoms with Crippen LogP contribution in [0.25, 0.3) is 0 Å². The number of amides is 1. The highest BCUT2D eigenvalue weighted by atomic mass is 16.1. The van der Waals surface area contributed by atoms with E-state index in [-0.39, 0.29) is 11.8 Å². The third-order valence-electron chi connectivity index (χ3n) is 3.97. The van der Waals surface area contributed by atoms with E-state index in [0.717, 1.165) is 24.1 Å². The predicted molar refractivity (Wildman–Crippen MR) is 93.2 cm³/mol. The van der Waals surface area contributed by atoms with Gasteiger partial charge in [0.05, 0.1) is 5.92 Å². The molecular weight excluding hydrogens is 270 g/mol. The molecule has 0 aliphatic heterocycles. The summed E-state index contributed by atoms with van der Waals surface area (Å²) in [5.41, 5.74) is 3.27. The highest BCUT2D eigenvalue weighted by molar-refractivity contribution is 5.95. The van der Waals surface area contributed by atoms with Crippen LogP contribution in [0.5, 0.6) is 0 Å². The van der Waals surface area contributed by atoms with Gasteiger partial charge in [0.15, 0.2) is 0 Å². The molecule has 0 saturated carbocycles. The minimum Gasteiger partial charge on any atom is -0.326 e. The number of benzene rings is 2. The molecule has 1 N–H and O–H groups in total. The third-order valence-corrected chi connectivity index (χ3v) is 3.97. The van der Waals surface area contributed by atoms with Crippen LogP contribution in [0.3, 0.4) is 0 Å². The van der Waals surface area contributed by atoms with E-state index in [0.29, 0.717) is 0 Å². The number of unbranched alkanes of at least 4 members (excludes halogenated alkanes) is 1. The largest absolute Gasteiger partial charge is 0.326 e. The maximum atomic E-state index is 12.5. The average Bonchev–Trinajstić information content (AvgIpc) is 2.56. The molecule has 0 radical (unpaired) electrons. The lowest BCUT2D eigenvalue weighted by Gasteiger charge is -2.15. The average molecular weight is 295 g/mol. The van der Waals surface area contributed by atoms with Crippen LogP contribution in [-0.4, -0.2) is 5.91 Å². The molecule has 2 heteroatoms. The molecule has 0 heterocycles. The van der Waals surface area contributed by atoms with Crippen molar-refractivity contribution in [2.45, 2.75) is 45.4 Å². The van der Waals surface area contributed by atoms with Gasteiger partial charge in [-0.1, -0.05) is 62.7 Å². The van der Waals surface area contributed by atoms with Crippen LogP contribution in [0.2, 0.25) is 0 Å². The van der Waals surface area contributed by atoms with Gasteiger partial charge in [-0.2, -0.15) is 0 Å². The molecule has 2 aromatic carbocycles. The van der Waals surface area contributed by atoms with Crippen LogP contribution in [0.1, 0.15) is 50.2 Å². The van der Waals surface area contributed by atoms with Gasteiger partial charge in [-0.3, -0.25) is 4.79 Å². The van der Waals surface area contributed by atoms with E-state index < -0.39 is 0 Å². The lowest BCUT2D eigenvalue weighted by Crippen LogP contribution is -2.20. The number of carbonyl (C=O) groups excluding carboxylic acids is 1. The molecule has 1 atom stereocenters. The Morgan fingerprint density at radius 2 is 1.68 bits per heavy atom. The summed E-state index contributed by atoms with van der Waals surface area (Å²) in [7, 11) is 0. The molecule has 0 aliphatic carbocycles. The van der Waals surface area contributed by atoms with Crippen molar-refractivity contribution in [1.29, 1.82) is 0 Å². The first-order valence-corrected chi connectivity index (χ1v) is 8.19. The van der Waals surface area contributed by atoms with Crippen molar-refractivity contribution in [3.05, 3.63) is 65.7 Å². The van der Waals surface area contributed by atoms with E-state index in [2.05, 4.69) is 24.4 Å². The van der Waals surface area contributed by atoms with Crippen LogP contribution < -0.4 is 5.32 Å².